The third-order valence-electron chi connectivity index (χ3n) is 2.95. The number of halogens is 2. The minimum atomic E-state index is -0.858. The van der Waals surface area contributed by atoms with E-state index in [9.17, 15) is 18.4 Å². The molecule has 0 saturated carbocycles. The predicted octanol–water partition coefficient (Wildman–Crippen LogP) is 2.72. The van der Waals surface area contributed by atoms with Gasteiger partial charge < -0.3 is 16.4 Å². The number of hydrogen-bond donors (Lipinski definition) is 4. The lowest BCUT2D eigenvalue weighted by atomic mass is 10.2. The molecule has 0 unspecified atom stereocenters. The van der Waals surface area contributed by atoms with Crippen LogP contribution in [0, 0.1) is 11.6 Å². The van der Waals surface area contributed by atoms with Gasteiger partial charge in [-0.25, -0.2) is 8.78 Å². The first-order valence-electron chi connectivity index (χ1n) is 8.54. The number of anilines is 1. The van der Waals surface area contributed by atoms with Gasteiger partial charge in [0.15, 0.2) is 6.29 Å². The first-order valence-corrected chi connectivity index (χ1v) is 8.54. The predicted molar refractivity (Wildman–Crippen MR) is 102 cm³/mol. The van der Waals surface area contributed by atoms with E-state index < -0.39 is 17.5 Å². The molecule has 2 rings (SSSR count). The van der Waals surface area contributed by atoms with E-state index in [2.05, 4.69) is 34.7 Å². The molecule has 0 saturated heterocycles. The molecule has 9 heteroatoms. The molecule has 7 nitrogen and oxygen atoms in total. The highest BCUT2D eigenvalue weighted by molar-refractivity contribution is 6.05. The van der Waals surface area contributed by atoms with Crippen LogP contribution in [0.4, 0.5) is 14.5 Å². The number of aromatic nitrogens is 2. The average molecular weight is 383 g/mol. The minimum absolute atomic E-state index is 0.0697. The van der Waals surface area contributed by atoms with Crippen LogP contribution in [0.5, 0.6) is 0 Å². The Hall–Kier alpha value is -2.65. The van der Waals surface area contributed by atoms with Gasteiger partial charge in [-0.3, -0.25) is 14.7 Å². The van der Waals surface area contributed by atoms with Gasteiger partial charge in [0.25, 0.3) is 5.91 Å². The molecule has 0 fully saturated rings. The maximum absolute atomic E-state index is 12.9. The van der Waals surface area contributed by atoms with Gasteiger partial charge >= 0.3 is 0 Å². The third-order valence-corrected chi connectivity index (χ3v) is 2.95. The quantitative estimate of drug-likeness (QED) is 0.573. The standard InChI is InChI=1S/C11H7F2N3O2.C4H11N.C3H9N/c12-7-1-6(2-8(13)3-7)11(18)15-9-4-14-16-10(9)5-17;1-3-4-5-2;1-2-3-4/h1-5H,(H,14,16)(H,15,18);5H,3-4H2,1-2H3;2-4H2,1H3. The molecule has 1 aromatic carbocycles. The van der Waals surface area contributed by atoms with Gasteiger partial charge in [0.05, 0.1) is 11.9 Å². The van der Waals surface area contributed by atoms with E-state index in [0.29, 0.717) is 12.4 Å². The van der Waals surface area contributed by atoms with Crippen molar-refractivity contribution in [3.63, 3.8) is 0 Å². The van der Waals surface area contributed by atoms with E-state index in [1.807, 2.05) is 7.05 Å². The van der Waals surface area contributed by atoms with Crippen molar-refractivity contribution in [2.45, 2.75) is 26.7 Å². The molecular formula is C18H27F2N5O2. The van der Waals surface area contributed by atoms with E-state index >= 15 is 0 Å². The number of nitrogens with two attached hydrogens (primary N) is 1. The zero-order chi connectivity index (χ0) is 20.7. The Morgan fingerprint density at radius 2 is 1.81 bits per heavy atom. The fourth-order valence-electron chi connectivity index (χ4n) is 1.61. The highest BCUT2D eigenvalue weighted by Crippen LogP contribution is 2.13. The second-order valence-electron chi connectivity index (χ2n) is 5.32. The Bertz CT molecular complexity index is 668. The van der Waals surface area contributed by atoms with Gasteiger partial charge in [0.2, 0.25) is 0 Å². The summed E-state index contributed by atoms with van der Waals surface area (Å²) in [7, 11) is 1.96. The summed E-state index contributed by atoms with van der Waals surface area (Å²) in [5.74, 6) is -2.45. The minimum Gasteiger partial charge on any atom is -0.330 e. The van der Waals surface area contributed by atoms with Crippen LogP contribution < -0.4 is 16.4 Å². The van der Waals surface area contributed by atoms with Crippen LogP contribution in [0.3, 0.4) is 0 Å². The Balaban J connectivity index is 0.000000630. The van der Waals surface area contributed by atoms with Crippen molar-refractivity contribution in [1.29, 1.82) is 0 Å². The van der Waals surface area contributed by atoms with Gasteiger partial charge in [-0.2, -0.15) is 5.10 Å². The van der Waals surface area contributed by atoms with Crippen LogP contribution in [-0.4, -0.2) is 42.5 Å². The number of amides is 1. The number of carbonyl (C=O) groups is 2. The molecule has 27 heavy (non-hydrogen) atoms. The second-order valence-corrected chi connectivity index (χ2v) is 5.32. The smallest absolute Gasteiger partial charge is 0.255 e. The molecule has 2 aromatic rings. The largest absolute Gasteiger partial charge is 0.330 e. The summed E-state index contributed by atoms with van der Waals surface area (Å²) < 4.78 is 25.8. The molecule has 0 radical (unpaired) electrons. The molecule has 0 atom stereocenters. The fourth-order valence-corrected chi connectivity index (χ4v) is 1.61. The number of H-pyrrole nitrogens is 1. The normalized spacial score (nSPS) is 9.41. The van der Waals surface area contributed by atoms with Crippen LogP contribution >= 0.6 is 0 Å². The van der Waals surface area contributed by atoms with E-state index in [1.54, 1.807) is 0 Å². The summed E-state index contributed by atoms with van der Waals surface area (Å²) in [6, 6.07) is 2.43. The molecule has 1 aromatic heterocycles. The van der Waals surface area contributed by atoms with Crippen molar-refractivity contribution < 1.29 is 18.4 Å². The summed E-state index contributed by atoms with van der Waals surface area (Å²) in [6.45, 7) is 6.16. The highest BCUT2D eigenvalue weighted by atomic mass is 19.1. The average Bonchev–Trinajstić information content (AvgIpc) is 3.09. The van der Waals surface area contributed by atoms with Crippen molar-refractivity contribution >= 4 is 17.9 Å². The zero-order valence-corrected chi connectivity index (χ0v) is 15.8. The molecule has 0 aliphatic heterocycles. The van der Waals surface area contributed by atoms with Gasteiger partial charge in [-0.05, 0) is 45.1 Å². The Kier molecular flexibility index (Phi) is 13.1. The van der Waals surface area contributed by atoms with Gasteiger partial charge in [-0.15, -0.1) is 0 Å². The molecule has 0 aliphatic rings. The topological polar surface area (TPSA) is 113 Å². The molecule has 0 bridgehead atoms. The number of aromatic amines is 1. The summed E-state index contributed by atoms with van der Waals surface area (Å²) >= 11 is 0. The van der Waals surface area contributed by atoms with Crippen LogP contribution in [-0.2, 0) is 0 Å². The molecule has 1 heterocycles. The summed E-state index contributed by atoms with van der Waals surface area (Å²) in [5, 5.41) is 11.2. The molecular weight excluding hydrogens is 356 g/mol. The van der Waals surface area contributed by atoms with Crippen molar-refractivity contribution in [2.24, 2.45) is 5.73 Å². The second kappa shape index (κ2) is 14.5. The van der Waals surface area contributed by atoms with E-state index in [0.717, 1.165) is 31.6 Å². The summed E-state index contributed by atoms with van der Waals surface area (Å²) in [4.78, 5) is 22.3. The number of carbonyl (C=O) groups excluding carboxylic acids is 2. The van der Waals surface area contributed by atoms with Crippen molar-refractivity contribution in [3.8, 4) is 0 Å². The molecule has 0 aliphatic carbocycles. The lowest BCUT2D eigenvalue weighted by molar-refractivity contribution is 0.102. The number of nitrogens with zero attached hydrogens (tertiary/aromatic N) is 1. The number of nitrogens with one attached hydrogen (secondary N) is 3. The van der Waals surface area contributed by atoms with Crippen LogP contribution in [0.15, 0.2) is 24.4 Å². The first-order chi connectivity index (χ1) is 12.9. The SMILES string of the molecule is CCCN.CCCNC.O=Cc1[nH]ncc1NC(=O)c1cc(F)cc(F)c1. The van der Waals surface area contributed by atoms with Crippen LogP contribution in [0.1, 0.15) is 47.5 Å². The molecule has 0 spiro atoms. The summed E-state index contributed by atoms with van der Waals surface area (Å²) in [5.41, 5.74) is 5.05. The zero-order valence-electron chi connectivity index (χ0n) is 15.8. The highest BCUT2D eigenvalue weighted by Gasteiger charge is 2.12. The Morgan fingerprint density at radius 3 is 2.22 bits per heavy atom. The van der Waals surface area contributed by atoms with E-state index in [1.165, 1.54) is 12.6 Å². The number of rotatable bonds is 6. The summed E-state index contributed by atoms with van der Waals surface area (Å²) in [6.07, 6.45) is 4.02. The fraction of sp³-hybridized carbons (Fsp3) is 0.389. The van der Waals surface area contributed by atoms with Crippen molar-refractivity contribution in [1.82, 2.24) is 15.5 Å². The van der Waals surface area contributed by atoms with E-state index in [-0.39, 0.29) is 16.9 Å². The molecule has 5 N–H and O–H groups in total. The molecule has 1 amide bonds. The first kappa shape index (κ1) is 24.4. The Morgan fingerprint density at radius 1 is 1.22 bits per heavy atom. The Labute approximate surface area is 157 Å². The van der Waals surface area contributed by atoms with E-state index in [4.69, 9.17) is 5.73 Å². The van der Waals surface area contributed by atoms with Crippen LogP contribution in [0.25, 0.3) is 0 Å². The van der Waals surface area contributed by atoms with Crippen molar-refractivity contribution in [2.75, 3.05) is 25.5 Å². The monoisotopic (exact) mass is 383 g/mol. The lowest BCUT2D eigenvalue weighted by Gasteiger charge is -2.03. The number of hydrogen-bond acceptors (Lipinski definition) is 5. The van der Waals surface area contributed by atoms with Crippen molar-refractivity contribution in [3.05, 3.63) is 47.3 Å². The third kappa shape index (κ3) is 10.2. The molecule has 150 valence electrons. The van der Waals surface area contributed by atoms with Gasteiger partial charge in [0.1, 0.15) is 17.3 Å². The van der Waals surface area contributed by atoms with Gasteiger partial charge in [0, 0.05) is 11.6 Å². The van der Waals surface area contributed by atoms with Gasteiger partial charge in [-0.1, -0.05) is 13.8 Å². The maximum Gasteiger partial charge on any atom is 0.255 e. The van der Waals surface area contributed by atoms with Crippen LogP contribution in [0.2, 0.25) is 0 Å². The number of benzene rings is 1. The number of aldehydes is 1. The lowest BCUT2D eigenvalue weighted by Crippen LogP contribution is -2.13. The maximum atomic E-state index is 12.9.